The zero-order chi connectivity index (χ0) is 10.8. The van der Waals surface area contributed by atoms with Crippen molar-refractivity contribution >= 4 is 0 Å². The van der Waals surface area contributed by atoms with Crippen LogP contribution in [-0.2, 0) is 13.6 Å². The van der Waals surface area contributed by atoms with Gasteiger partial charge >= 0.3 is 0 Å². The first-order valence-electron chi connectivity index (χ1n) is 4.88. The molecule has 1 aromatic heterocycles. The standard InChI is InChI=1S/C11H14N4/c1-8-5-3-4-6-9(8)11-13-10(7-12)14-15(11)2/h3-6H,7,12H2,1-2H3. The maximum Gasteiger partial charge on any atom is 0.164 e. The average Bonchev–Trinajstić information content (AvgIpc) is 2.60. The largest absolute Gasteiger partial charge is 0.324 e. The van der Waals surface area contributed by atoms with Crippen molar-refractivity contribution in [1.82, 2.24) is 14.8 Å². The van der Waals surface area contributed by atoms with Crippen molar-refractivity contribution in [3.63, 3.8) is 0 Å². The first kappa shape index (κ1) is 9.86. The second-order valence-corrected chi connectivity index (χ2v) is 3.49. The van der Waals surface area contributed by atoms with Gasteiger partial charge in [-0.05, 0) is 12.5 Å². The van der Waals surface area contributed by atoms with Crippen LogP contribution in [0.2, 0.25) is 0 Å². The number of rotatable bonds is 2. The minimum atomic E-state index is 0.375. The van der Waals surface area contributed by atoms with Gasteiger partial charge in [0.2, 0.25) is 0 Å². The highest BCUT2D eigenvalue weighted by atomic mass is 15.3. The summed E-state index contributed by atoms with van der Waals surface area (Å²) in [5, 5.41) is 4.23. The monoisotopic (exact) mass is 202 g/mol. The topological polar surface area (TPSA) is 56.7 Å². The van der Waals surface area contributed by atoms with Gasteiger partial charge in [-0.25, -0.2) is 9.67 Å². The Kier molecular flexibility index (Phi) is 2.51. The highest BCUT2D eigenvalue weighted by Gasteiger charge is 2.09. The van der Waals surface area contributed by atoms with E-state index in [4.69, 9.17) is 5.73 Å². The van der Waals surface area contributed by atoms with E-state index in [1.54, 1.807) is 4.68 Å². The van der Waals surface area contributed by atoms with Crippen LogP contribution in [0.15, 0.2) is 24.3 Å². The second kappa shape index (κ2) is 3.82. The summed E-state index contributed by atoms with van der Waals surface area (Å²) >= 11 is 0. The van der Waals surface area contributed by atoms with Crippen molar-refractivity contribution in [3.05, 3.63) is 35.7 Å². The Morgan fingerprint density at radius 2 is 2.07 bits per heavy atom. The van der Waals surface area contributed by atoms with Crippen molar-refractivity contribution in [2.24, 2.45) is 12.8 Å². The van der Waals surface area contributed by atoms with E-state index in [1.807, 2.05) is 25.2 Å². The smallest absolute Gasteiger partial charge is 0.164 e. The van der Waals surface area contributed by atoms with Crippen LogP contribution in [0.4, 0.5) is 0 Å². The molecule has 2 N–H and O–H groups in total. The number of aryl methyl sites for hydroxylation is 2. The molecule has 2 aromatic rings. The van der Waals surface area contributed by atoms with E-state index in [0.29, 0.717) is 12.4 Å². The number of benzene rings is 1. The molecule has 1 heterocycles. The Bertz CT molecular complexity index is 473. The molecule has 0 aliphatic carbocycles. The number of nitrogens with zero attached hydrogens (tertiary/aromatic N) is 3. The van der Waals surface area contributed by atoms with Gasteiger partial charge < -0.3 is 5.73 Å². The SMILES string of the molecule is Cc1ccccc1-c1nc(CN)nn1C. The van der Waals surface area contributed by atoms with Gasteiger partial charge in [0.1, 0.15) is 0 Å². The normalized spacial score (nSPS) is 10.6. The molecule has 4 nitrogen and oxygen atoms in total. The molecule has 0 saturated heterocycles. The van der Waals surface area contributed by atoms with Crippen molar-refractivity contribution < 1.29 is 0 Å². The van der Waals surface area contributed by atoms with E-state index in [-0.39, 0.29) is 0 Å². The van der Waals surface area contributed by atoms with Gasteiger partial charge in [-0.3, -0.25) is 0 Å². The second-order valence-electron chi connectivity index (χ2n) is 3.49. The Morgan fingerprint density at radius 3 is 2.67 bits per heavy atom. The lowest BCUT2D eigenvalue weighted by molar-refractivity contribution is 0.748. The zero-order valence-corrected chi connectivity index (χ0v) is 8.94. The van der Waals surface area contributed by atoms with E-state index in [1.165, 1.54) is 5.56 Å². The summed E-state index contributed by atoms with van der Waals surface area (Å²) in [6.07, 6.45) is 0. The molecular formula is C11H14N4. The third kappa shape index (κ3) is 1.76. The highest BCUT2D eigenvalue weighted by Crippen LogP contribution is 2.20. The molecule has 0 bridgehead atoms. The first-order chi connectivity index (χ1) is 7.22. The van der Waals surface area contributed by atoms with Crippen molar-refractivity contribution in [3.8, 4) is 11.4 Å². The van der Waals surface area contributed by atoms with Crippen molar-refractivity contribution in [1.29, 1.82) is 0 Å². The predicted octanol–water partition coefficient (Wildman–Crippen LogP) is 1.25. The lowest BCUT2D eigenvalue weighted by Gasteiger charge is -2.03. The van der Waals surface area contributed by atoms with E-state index in [0.717, 1.165) is 11.4 Å². The fourth-order valence-electron chi connectivity index (χ4n) is 1.58. The van der Waals surface area contributed by atoms with Gasteiger partial charge in [-0.2, -0.15) is 5.10 Å². The number of nitrogens with two attached hydrogens (primary N) is 1. The minimum Gasteiger partial charge on any atom is -0.324 e. The number of aromatic nitrogens is 3. The summed E-state index contributed by atoms with van der Waals surface area (Å²) in [7, 11) is 1.88. The van der Waals surface area contributed by atoms with Crippen LogP contribution in [0, 0.1) is 6.92 Å². The van der Waals surface area contributed by atoms with Crippen LogP contribution >= 0.6 is 0 Å². The highest BCUT2D eigenvalue weighted by molar-refractivity contribution is 5.59. The molecule has 0 radical (unpaired) electrons. The lowest BCUT2D eigenvalue weighted by atomic mass is 10.1. The van der Waals surface area contributed by atoms with Gasteiger partial charge in [0.05, 0.1) is 6.54 Å². The summed E-state index contributed by atoms with van der Waals surface area (Å²) in [6.45, 7) is 2.44. The van der Waals surface area contributed by atoms with Crippen LogP contribution in [-0.4, -0.2) is 14.8 Å². The summed E-state index contributed by atoms with van der Waals surface area (Å²) in [5.74, 6) is 1.55. The maximum absolute atomic E-state index is 5.51. The molecule has 15 heavy (non-hydrogen) atoms. The molecular weight excluding hydrogens is 188 g/mol. The van der Waals surface area contributed by atoms with E-state index < -0.39 is 0 Å². The molecule has 0 aliphatic rings. The number of hydrogen-bond donors (Lipinski definition) is 1. The maximum atomic E-state index is 5.51. The molecule has 0 fully saturated rings. The predicted molar refractivity (Wildman–Crippen MR) is 59.1 cm³/mol. The van der Waals surface area contributed by atoms with Gasteiger partial charge in [-0.1, -0.05) is 24.3 Å². The molecule has 1 aromatic carbocycles. The first-order valence-corrected chi connectivity index (χ1v) is 4.88. The molecule has 2 rings (SSSR count). The van der Waals surface area contributed by atoms with E-state index in [2.05, 4.69) is 23.1 Å². The van der Waals surface area contributed by atoms with Crippen LogP contribution < -0.4 is 5.73 Å². The third-order valence-electron chi connectivity index (χ3n) is 2.38. The van der Waals surface area contributed by atoms with Gasteiger partial charge in [0.25, 0.3) is 0 Å². The zero-order valence-electron chi connectivity index (χ0n) is 8.94. The minimum absolute atomic E-state index is 0.375. The average molecular weight is 202 g/mol. The van der Waals surface area contributed by atoms with Crippen molar-refractivity contribution in [2.45, 2.75) is 13.5 Å². The molecule has 0 atom stereocenters. The van der Waals surface area contributed by atoms with Crippen LogP contribution in [0.25, 0.3) is 11.4 Å². The molecule has 0 saturated carbocycles. The summed E-state index contributed by atoms with van der Waals surface area (Å²) in [4.78, 5) is 4.39. The van der Waals surface area contributed by atoms with Crippen LogP contribution in [0.5, 0.6) is 0 Å². The van der Waals surface area contributed by atoms with Crippen molar-refractivity contribution in [2.75, 3.05) is 0 Å². The molecule has 0 spiro atoms. The van der Waals surface area contributed by atoms with Crippen LogP contribution in [0.3, 0.4) is 0 Å². The quantitative estimate of drug-likeness (QED) is 0.797. The molecule has 78 valence electrons. The van der Waals surface area contributed by atoms with E-state index in [9.17, 15) is 0 Å². The summed E-state index contributed by atoms with van der Waals surface area (Å²) in [6, 6.07) is 8.12. The number of hydrogen-bond acceptors (Lipinski definition) is 3. The fourth-order valence-corrected chi connectivity index (χ4v) is 1.58. The molecule has 4 heteroatoms. The Balaban J connectivity index is 2.54. The third-order valence-corrected chi connectivity index (χ3v) is 2.38. The summed E-state index contributed by atoms with van der Waals surface area (Å²) < 4.78 is 1.77. The molecule has 0 aliphatic heterocycles. The Hall–Kier alpha value is -1.68. The van der Waals surface area contributed by atoms with E-state index >= 15 is 0 Å². The fraction of sp³-hybridized carbons (Fsp3) is 0.273. The molecule has 0 amide bonds. The molecule has 0 unspecified atom stereocenters. The van der Waals surface area contributed by atoms with Gasteiger partial charge in [0, 0.05) is 12.6 Å². The summed E-state index contributed by atoms with van der Waals surface area (Å²) in [5.41, 5.74) is 7.80. The van der Waals surface area contributed by atoms with Crippen LogP contribution in [0.1, 0.15) is 11.4 Å². The lowest BCUT2D eigenvalue weighted by Crippen LogP contribution is -1.99. The van der Waals surface area contributed by atoms with Gasteiger partial charge in [-0.15, -0.1) is 0 Å². The van der Waals surface area contributed by atoms with Gasteiger partial charge in [0.15, 0.2) is 11.6 Å². The Morgan fingerprint density at radius 1 is 1.33 bits per heavy atom. The Labute approximate surface area is 88.8 Å².